The topological polar surface area (TPSA) is 38.9 Å². The molecule has 2 rings (SSSR count). The van der Waals surface area contributed by atoms with Gasteiger partial charge in [0.15, 0.2) is 0 Å². The molecule has 0 aromatic carbocycles. The first-order valence-electron chi connectivity index (χ1n) is 5.52. The lowest BCUT2D eigenvalue weighted by molar-refractivity contribution is 0.719. The first-order valence-corrected chi connectivity index (χ1v) is 6.40. The van der Waals surface area contributed by atoms with Crippen LogP contribution in [0.1, 0.15) is 29.1 Å². The SMILES string of the molecule is CCc1ccc(CC(N)c2cccs2)nc1. The second-order valence-corrected chi connectivity index (χ2v) is 4.82. The fourth-order valence-electron chi connectivity index (χ4n) is 1.61. The van der Waals surface area contributed by atoms with Crippen LogP contribution in [0.25, 0.3) is 0 Å². The van der Waals surface area contributed by atoms with Gasteiger partial charge in [-0.15, -0.1) is 11.3 Å². The third kappa shape index (κ3) is 2.68. The molecule has 0 saturated carbocycles. The van der Waals surface area contributed by atoms with Crippen molar-refractivity contribution in [1.29, 1.82) is 0 Å². The Hall–Kier alpha value is -1.19. The van der Waals surface area contributed by atoms with E-state index in [1.54, 1.807) is 11.3 Å². The Morgan fingerprint density at radius 3 is 2.81 bits per heavy atom. The summed E-state index contributed by atoms with van der Waals surface area (Å²) in [5, 5.41) is 2.06. The van der Waals surface area contributed by atoms with Crippen LogP contribution < -0.4 is 5.73 Å². The molecule has 3 heteroatoms. The van der Waals surface area contributed by atoms with Gasteiger partial charge in [0.2, 0.25) is 0 Å². The lowest BCUT2D eigenvalue weighted by Crippen LogP contribution is -2.12. The Balaban J connectivity index is 2.03. The van der Waals surface area contributed by atoms with E-state index in [9.17, 15) is 0 Å². The zero-order valence-electron chi connectivity index (χ0n) is 9.39. The summed E-state index contributed by atoms with van der Waals surface area (Å²) >= 11 is 1.71. The maximum absolute atomic E-state index is 6.11. The van der Waals surface area contributed by atoms with E-state index in [1.807, 2.05) is 12.3 Å². The molecule has 0 saturated heterocycles. The van der Waals surface area contributed by atoms with Crippen LogP contribution in [0.2, 0.25) is 0 Å². The fourth-order valence-corrected chi connectivity index (χ4v) is 2.34. The summed E-state index contributed by atoms with van der Waals surface area (Å²) in [6, 6.07) is 8.39. The van der Waals surface area contributed by atoms with E-state index >= 15 is 0 Å². The molecule has 0 fully saturated rings. The molecule has 2 N–H and O–H groups in total. The minimum Gasteiger partial charge on any atom is -0.323 e. The van der Waals surface area contributed by atoms with Crippen molar-refractivity contribution in [2.45, 2.75) is 25.8 Å². The third-order valence-electron chi connectivity index (χ3n) is 2.63. The summed E-state index contributed by atoms with van der Waals surface area (Å²) in [7, 11) is 0. The van der Waals surface area contributed by atoms with Crippen molar-refractivity contribution >= 4 is 11.3 Å². The summed E-state index contributed by atoms with van der Waals surface area (Å²) in [6.45, 7) is 2.13. The second kappa shape index (κ2) is 5.23. The predicted molar refractivity (Wildman–Crippen MR) is 68.6 cm³/mol. The molecule has 0 aliphatic carbocycles. The number of nitrogens with zero attached hydrogens (tertiary/aromatic N) is 1. The Bertz CT molecular complexity index is 420. The largest absolute Gasteiger partial charge is 0.323 e. The number of rotatable bonds is 4. The molecular weight excluding hydrogens is 216 g/mol. The van der Waals surface area contributed by atoms with E-state index in [1.165, 1.54) is 10.4 Å². The molecule has 2 nitrogen and oxygen atoms in total. The molecule has 0 radical (unpaired) electrons. The number of nitrogens with two attached hydrogens (primary N) is 1. The maximum atomic E-state index is 6.11. The molecule has 0 amide bonds. The van der Waals surface area contributed by atoms with Crippen molar-refractivity contribution in [1.82, 2.24) is 4.98 Å². The highest BCUT2D eigenvalue weighted by Crippen LogP contribution is 2.19. The molecular formula is C13H16N2S. The van der Waals surface area contributed by atoms with Crippen LogP contribution in [0, 0.1) is 0 Å². The normalized spacial score (nSPS) is 12.6. The third-order valence-corrected chi connectivity index (χ3v) is 3.64. The van der Waals surface area contributed by atoms with Crippen molar-refractivity contribution in [2.24, 2.45) is 5.73 Å². The van der Waals surface area contributed by atoms with Crippen LogP contribution in [-0.2, 0) is 12.8 Å². The van der Waals surface area contributed by atoms with E-state index in [0.29, 0.717) is 0 Å². The van der Waals surface area contributed by atoms with Gasteiger partial charge in [0.05, 0.1) is 0 Å². The minimum absolute atomic E-state index is 0.0694. The van der Waals surface area contributed by atoms with E-state index in [4.69, 9.17) is 5.73 Å². The Morgan fingerprint density at radius 2 is 2.25 bits per heavy atom. The average Bonchev–Trinajstić information content (AvgIpc) is 2.83. The number of pyridine rings is 1. The summed E-state index contributed by atoms with van der Waals surface area (Å²) < 4.78 is 0. The van der Waals surface area contributed by atoms with E-state index < -0.39 is 0 Å². The number of hydrogen-bond donors (Lipinski definition) is 1. The van der Waals surface area contributed by atoms with Gasteiger partial charge in [-0.2, -0.15) is 0 Å². The van der Waals surface area contributed by atoms with Gasteiger partial charge in [-0.1, -0.05) is 19.1 Å². The van der Waals surface area contributed by atoms with Gasteiger partial charge >= 0.3 is 0 Å². The van der Waals surface area contributed by atoms with E-state index in [-0.39, 0.29) is 6.04 Å². The van der Waals surface area contributed by atoms with Crippen LogP contribution in [0.5, 0.6) is 0 Å². The summed E-state index contributed by atoms with van der Waals surface area (Å²) in [6.07, 6.45) is 3.78. The average molecular weight is 232 g/mol. The monoisotopic (exact) mass is 232 g/mol. The smallest absolute Gasteiger partial charge is 0.0445 e. The quantitative estimate of drug-likeness (QED) is 0.880. The van der Waals surface area contributed by atoms with Gasteiger partial charge in [-0.05, 0) is 29.5 Å². The van der Waals surface area contributed by atoms with E-state index in [0.717, 1.165) is 18.5 Å². The molecule has 1 atom stereocenters. The van der Waals surface area contributed by atoms with Gasteiger partial charge in [-0.25, -0.2) is 0 Å². The number of hydrogen-bond acceptors (Lipinski definition) is 3. The second-order valence-electron chi connectivity index (χ2n) is 3.84. The molecule has 0 spiro atoms. The first-order chi connectivity index (χ1) is 7.79. The number of aromatic nitrogens is 1. The van der Waals surface area contributed by atoms with Gasteiger partial charge in [0.1, 0.15) is 0 Å². The highest BCUT2D eigenvalue weighted by molar-refractivity contribution is 7.10. The minimum atomic E-state index is 0.0694. The molecule has 1 unspecified atom stereocenters. The molecule has 0 bridgehead atoms. The van der Waals surface area contributed by atoms with Crippen LogP contribution >= 0.6 is 11.3 Å². The van der Waals surface area contributed by atoms with Crippen LogP contribution in [-0.4, -0.2) is 4.98 Å². The maximum Gasteiger partial charge on any atom is 0.0445 e. The zero-order valence-corrected chi connectivity index (χ0v) is 10.2. The van der Waals surface area contributed by atoms with Crippen molar-refractivity contribution < 1.29 is 0 Å². The highest BCUT2D eigenvalue weighted by Gasteiger charge is 2.08. The van der Waals surface area contributed by atoms with Gasteiger partial charge in [0.25, 0.3) is 0 Å². The van der Waals surface area contributed by atoms with Crippen molar-refractivity contribution in [3.05, 3.63) is 52.0 Å². The summed E-state index contributed by atoms with van der Waals surface area (Å²) in [5.74, 6) is 0. The predicted octanol–water partition coefficient (Wildman–Crippen LogP) is 2.95. The Labute approximate surface area is 100 Å². The molecule has 84 valence electrons. The molecule has 2 aromatic rings. The molecule has 0 aliphatic rings. The molecule has 0 aliphatic heterocycles. The number of aryl methyl sites for hydroxylation is 1. The fraction of sp³-hybridized carbons (Fsp3) is 0.308. The first kappa shape index (κ1) is 11.3. The van der Waals surface area contributed by atoms with Crippen LogP contribution in [0.4, 0.5) is 0 Å². The van der Waals surface area contributed by atoms with Gasteiger partial charge in [0, 0.05) is 29.2 Å². The Kier molecular flexibility index (Phi) is 3.70. The summed E-state index contributed by atoms with van der Waals surface area (Å²) in [4.78, 5) is 5.65. The molecule has 16 heavy (non-hydrogen) atoms. The van der Waals surface area contributed by atoms with Crippen molar-refractivity contribution in [3.63, 3.8) is 0 Å². The molecule has 2 heterocycles. The summed E-state index contributed by atoms with van der Waals surface area (Å²) in [5.41, 5.74) is 8.45. The lowest BCUT2D eigenvalue weighted by Gasteiger charge is -2.09. The van der Waals surface area contributed by atoms with Crippen molar-refractivity contribution in [2.75, 3.05) is 0 Å². The van der Waals surface area contributed by atoms with Crippen LogP contribution in [0.15, 0.2) is 35.8 Å². The Morgan fingerprint density at radius 1 is 1.38 bits per heavy atom. The highest BCUT2D eigenvalue weighted by atomic mass is 32.1. The zero-order chi connectivity index (χ0) is 11.4. The molecule has 2 aromatic heterocycles. The van der Waals surface area contributed by atoms with Crippen LogP contribution in [0.3, 0.4) is 0 Å². The lowest BCUT2D eigenvalue weighted by atomic mass is 10.1. The number of thiophene rings is 1. The standard InChI is InChI=1S/C13H16N2S/c1-2-10-5-6-11(15-9-10)8-12(14)13-4-3-7-16-13/h3-7,9,12H,2,8,14H2,1H3. The van der Waals surface area contributed by atoms with E-state index in [2.05, 4.69) is 35.5 Å². The van der Waals surface area contributed by atoms with Crippen molar-refractivity contribution in [3.8, 4) is 0 Å². The van der Waals surface area contributed by atoms with Gasteiger partial charge in [-0.3, -0.25) is 4.98 Å². The van der Waals surface area contributed by atoms with Gasteiger partial charge < -0.3 is 5.73 Å².